The molecular weight excluding hydrogens is 217 g/mol. The molecule has 17 heavy (non-hydrogen) atoms. The quantitative estimate of drug-likeness (QED) is 0.848. The maximum absolute atomic E-state index is 13.0. The van der Waals surface area contributed by atoms with Crippen molar-refractivity contribution < 1.29 is 4.39 Å². The molecule has 0 aliphatic heterocycles. The van der Waals surface area contributed by atoms with Crippen molar-refractivity contribution in [3.63, 3.8) is 0 Å². The zero-order chi connectivity index (χ0) is 12.1. The molecule has 1 aromatic heterocycles. The lowest BCUT2D eigenvalue weighted by atomic mass is 10.2. The van der Waals surface area contributed by atoms with E-state index in [1.165, 1.54) is 12.1 Å². The van der Waals surface area contributed by atoms with Crippen LogP contribution < -0.4 is 11.1 Å². The van der Waals surface area contributed by atoms with Crippen LogP contribution >= 0.6 is 0 Å². The first kappa shape index (κ1) is 11.5. The van der Waals surface area contributed by atoms with Crippen LogP contribution in [0.5, 0.6) is 0 Å². The highest BCUT2D eigenvalue weighted by Gasteiger charge is 2.01. The lowest BCUT2D eigenvalue weighted by molar-refractivity contribution is 0.628. The summed E-state index contributed by atoms with van der Waals surface area (Å²) in [4.78, 5) is 4.19. The van der Waals surface area contributed by atoms with Crippen molar-refractivity contribution in [2.45, 2.75) is 13.1 Å². The molecule has 0 unspecified atom stereocenters. The molecule has 0 aliphatic carbocycles. The Morgan fingerprint density at radius 3 is 2.88 bits per heavy atom. The van der Waals surface area contributed by atoms with Crippen LogP contribution in [0.2, 0.25) is 0 Å². The fourth-order valence-electron chi connectivity index (χ4n) is 1.61. The summed E-state index contributed by atoms with van der Waals surface area (Å²) in [7, 11) is 0. The molecule has 1 aromatic carbocycles. The third-order valence-corrected chi connectivity index (χ3v) is 2.49. The Morgan fingerprint density at radius 1 is 1.24 bits per heavy atom. The van der Waals surface area contributed by atoms with Gasteiger partial charge < -0.3 is 11.1 Å². The summed E-state index contributed by atoms with van der Waals surface area (Å²) in [5.74, 6) is -0.250. The van der Waals surface area contributed by atoms with Crippen LogP contribution in [0, 0.1) is 5.82 Å². The molecule has 3 nitrogen and oxygen atoms in total. The van der Waals surface area contributed by atoms with E-state index >= 15 is 0 Å². The van der Waals surface area contributed by atoms with Gasteiger partial charge in [0.25, 0.3) is 0 Å². The molecule has 0 radical (unpaired) electrons. The van der Waals surface area contributed by atoms with Gasteiger partial charge in [0.2, 0.25) is 0 Å². The molecule has 2 rings (SSSR count). The number of halogens is 1. The van der Waals surface area contributed by atoms with Gasteiger partial charge in [-0.05, 0) is 29.8 Å². The minimum Gasteiger partial charge on any atom is -0.381 e. The van der Waals surface area contributed by atoms with E-state index in [9.17, 15) is 4.39 Å². The number of anilines is 1. The maximum Gasteiger partial charge on any atom is 0.125 e. The summed E-state index contributed by atoms with van der Waals surface area (Å²) in [6.07, 6.45) is 1.72. The Labute approximate surface area is 99.5 Å². The SMILES string of the molecule is NCc1ncccc1CNc1cccc(F)c1. The van der Waals surface area contributed by atoms with E-state index in [0.29, 0.717) is 13.1 Å². The number of pyridine rings is 1. The average molecular weight is 231 g/mol. The fraction of sp³-hybridized carbons (Fsp3) is 0.154. The van der Waals surface area contributed by atoms with Gasteiger partial charge in [0.1, 0.15) is 5.82 Å². The molecule has 0 saturated heterocycles. The van der Waals surface area contributed by atoms with E-state index in [2.05, 4.69) is 10.3 Å². The Balaban J connectivity index is 2.07. The number of benzene rings is 1. The van der Waals surface area contributed by atoms with Crippen molar-refractivity contribution in [2.24, 2.45) is 5.73 Å². The lowest BCUT2D eigenvalue weighted by Gasteiger charge is -2.09. The topological polar surface area (TPSA) is 50.9 Å². The van der Waals surface area contributed by atoms with E-state index < -0.39 is 0 Å². The summed E-state index contributed by atoms with van der Waals surface area (Å²) in [6.45, 7) is 0.991. The van der Waals surface area contributed by atoms with Crippen molar-refractivity contribution in [1.29, 1.82) is 0 Å². The van der Waals surface area contributed by atoms with Gasteiger partial charge in [-0.1, -0.05) is 12.1 Å². The predicted octanol–water partition coefficient (Wildman–Crippen LogP) is 2.29. The van der Waals surface area contributed by atoms with Gasteiger partial charge in [-0.15, -0.1) is 0 Å². The van der Waals surface area contributed by atoms with Gasteiger partial charge >= 0.3 is 0 Å². The second-order valence-corrected chi connectivity index (χ2v) is 3.68. The van der Waals surface area contributed by atoms with Gasteiger partial charge in [-0.2, -0.15) is 0 Å². The largest absolute Gasteiger partial charge is 0.381 e. The third-order valence-electron chi connectivity index (χ3n) is 2.49. The lowest BCUT2D eigenvalue weighted by Crippen LogP contribution is -2.08. The molecule has 0 bridgehead atoms. The van der Waals surface area contributed by atoms with Gasteiger partial charge in [-0.3, -0.25) is 4.98 Å². The standard InChI is InChI=1S/C13H14FN3/c14-11-4-1-5-12(7-11)17-9-10-3-2-6-16-13(10)8-15/h1-7,17H,8-9,15H2. The first-order valence-electron chi connectivity index (χ1n) is 5.42. The number of nitrogens with one attached hydrogen (secondary N) is 1. The van der Waals surface area contributed by atoms with E-state index in [4.69, 9.17) is 5.73 Å². The monoisotopic (exact) mass is 231 g/mol. The molecule has 3 N–H and O–H groups in total. The molecule has 88 valence electrons. The number of rotatable bonds is 4. The average Bonchev–Trinajstić information content (AvgIpc) is 2.37. The van der Waals surface area contributed by atoms with Crippen LogP contribution in [0.3, 0.4) is 0 Å². The first-order chi connectivity index (χ1) is 8.29. The summed E-state index contributed by atoms with van der Waals surface area (Å²) in [5, 5.41) is 3.14. The zero-order valence-corrected chi connectivity index (χ0v) is 9.36. The Bertz CT molecular complexity index is 500. The molecule has 2 aromatic rings. The molecule has 0 fully saturated rings. The Hall–Kier alpha value is -1.94. The fourth-order valence-corrected chi connectivity index (χ4v) is 1.61. The second-order valence-electron chi connectivity index (χ2n) is 3.68. The molecule has 0 spiro atoms. The van der Waals surface area contributed by atoms with E-state index in [1.54, 1.807) is 12.3 Å². The van der Waals surface area contributed by atoms with Crippen molar-refractivity contribution in [3.8, 4) is 0 Å². The first-order valence-corrected chi connectivity index (χ1v) is 5.42. The highest BCUT2D eigenvalue weighted by atomic mass is 19.1. The minimum atomic E-state index is -0.250. The van der Waals surface area contributed by atoms with Crippen molar-refractivity contribution >= 4 is 5.69 Å². The number of nitrogens with two attached hydrogens (primary N) is 1. The van der Waals surface area contributed by atoms with E-state index in [1.807, 2.05) is 18.2 Å². The zero-order valence-electron chi connectivity index (χ0n) is 9.36. The molecule has 4 heteroatoms. The predicted molar refractivity (Wildman–Crippen MR) is 65.9 cm³/mol. The van der Waals surface area contributed by atoms with Gasteiger partial charge in [0.15, 0.2) is 0 Å². The summed E-state index contributed by atoms with van der Waals surface area (Å²) in [5.41, 5.74) is 8.23. The molecule has 0 aliphatic rings. The smallest absolute Gasteiger partial charge is 0.125 e. The van der Waals surface area contributed by atoms with E-state index in [-0.39, 0.29) is 5.82 Å². The van der Waals surface area contributed by atoms with Crippen LogP contribution in [0.4, 0.5) is 10.1 Å². The van der Waals surface area contributed by atoms with Crippen molar-refractivity contribution in [2.75, 3.05) is 5.32 Å². The van der Waals surface area contributed by atoms with Gasteiger partial charge in [0.05, 0.1) is 5.69 Å². The summed E-state index contributed by atoms with van der Waals surface area (Å²) in [6, 6.07) is 10.2. The molecule has 0 atom stereocenters. The highest BCUT2D eigenvalue weighted by Crippen LogP contribution is 2.12. The number of nitrogens with zero attached hydrogens (tertiary/aromatic N) is 1. The molecular formula is C13H14FN3. The van der Waals surface area contributed by atoms with Crippen molar-refractivity contribution in [1.82, 2.24) is 4.98 Å². The maximum atomic E-state index is 13.0. The van der Waals surface area contributed by atoms with Crippen LogP contribution in [0.25, 0.3) is 0 Å². The normalized spacial score (nSPS) is 10.2. The third kappa shape index (κ3) is 3.01. The minimum absolute atomic E-state index is 0.250. The molecule has 1 heterocycles. The number of hydrogen-bond donors (Lipinski definition) is 2. The van der Waals surface area contributed by atoms with E-state index in [0.717, 1.165) is 16.9 Å². The van der Waals surface area contributed by atoms with Gasteiger partial charge in [-0.25, -0.2) is 4.39 Å². The van der Waals surface area contributed by atoms with Crippen LogP contribution in [0.1, 0.15) is 11.3 Å². The number of aromatic nitrogens is 1. The molecule has 0 amide bonds. The highest BCUT2D eigenvalue weighted by molar-refractivity contribution is 5.44. The van der Waals surface area contributed by atoms with Crippen LogP contribution in [-0.2, 0) is 13.1 Å². The summed E-state index contributed by atoms with van der Waals surface area (Å²) < 4.78 is 13.0. The molecule has 0 saturated carbocycles. The Kier molecular flexibility index (Phi) is 3.67. The second kappa shape index (κ2) is 5.41. The van der Waals surface area contributed by atoms with Gasteiger partial charge in [0, 0.05) is 25.0 Å². The van der Waals surface area contributed by atoms with Crippen molar-refractivity contribution in [3.05, 3.63) is 59.7 Å². The van der Waals surface area contributed by atoms with Crippen LogP contribution in [-0.4, -0.2) is 4.98 Å². The van der Waals surface area contributed by atoms with Crippen LogP contribution in [0.15, 0.2) is 42.6 Å². The number of hydrogen-bond acceptors (Lipinski definition) is 3. The summed E-state index contributed by atoms with van der Waals surface area (Å²) >= 11 is 0. The Morgan fingerprint density at radius 2 is 2.12 bits per heavy atom.